The Morgan fingerprint density at radius 3 is 2.77 bits per heavy atom. The van der Waals surface area contributed by atoms with Gasteiger partial charge in [-0.05, 0) is 19.1 Å². The molecule has 7 nitrogen and oxygen atoms in total. The van der Waals surface area contributed by atoms with Crippen molar-refractivity contribution >= 4 is 11.8 Å². The molecule has 0 saturated heterocycles. The van der Waals surface area contributed by atoms with E-state index < -0.39 is 0 Å². The topological polar surface area (TPSA) is 80.1 Å². The number of amides is 2. The minimum absolute atomic E-state index is 0.0317. The normalized spacial score (nSPS) is 16.5. The molecule has 1 aliphatic rings. The van der Waals surface area contributed by atoms with Crippen molar-refractivity contribution in [3.05, 3.63) is 47.8 Å². The molecule has 3 heterocycles. The van der Waals surface area contributed by atoms with Crippen LogP contribution in [0.4, 0.5) is 0 Å². The van der Waals surface area contributed by atoms with Crippen molar-refractivity contribution in [3.63, 3.8) is 0 Å². The van der Waals surface area contributed by atoms with Crippen molar-refractivity contribution < 1.29 is 9.59 Å². The molecule has 1 aliphatic heterocycles. The predicted octanol–water partition coefficient (Wildman–Crippen LogP) is 1.70. The number of nitrogens with one attached hydrogen (secondary N) is 1. The van der Waals surface area contributed by atoms with Gasteiger partial charge in [-0.1, -0.05) is 19.9 Å². The molecule has 138 valence electrons. The van der Waals surface area contributed by atoms with Crippen molar-refractivity contribution in [3.8, 4) is 0 Å². The second-order valence-electron chi connectivity index (χ2n) is 6.92. The number of hydrogen-bond donors (Lipinski definition) is 1. The molecule has 3 rings (SSSR count). The highest BCUT2D eigenvalue weighted by molar-refractivity contribution is 5.79. The quantitative estimate of drug-likeness (QED) is 0.885. The lowest BCUT2D eigenvalue weighted by molar-refractivity contribution is -0.137. The van der Waals surface area contributed by atoms with Crippen LogP contribution in [-0.2, 0) is 29.1 Å². The number of fused-ring (bicyclic) bond motifs is 1. The average Bonchev–Trinajstić information content (AvgIpc) is 3.04. The first-order chi connectivity index (χ1) is 12.5. The Labute approximate surface area is 153 Å². The van der Waals surface area contributed by atoms with Crippen LogP contribution in [0.1, 0.15) is 44.0 Å². The van der Waals surface area contributed by atoms with Crippen molar-refractivity contribution in [2.75, 3.05) is 6.54 Å². The predicted molar refractivity (Wildman–Crippen MR) is 97.0 cm³/mol. The van der Waals surface area contributed by atoms with E-state index in [1.165, 1.54) is 0 Å². The molecule has 0 bridgehead atoms. The molecule has 2 aromatic rings. The van der Waals surface area contributed by atoms with Crippen LogP contribution < -0.4 is 5.32 Å². The van der Waals surface area contributed by atoms with Gasteiger partial charge in [0.2, 0.25) is 11.8 Å². The van der Waals surface area contributed by atoms with Gasteiger partial charge in [0.15, 0.2) is 0 Å². The van der Waals surface area contributed by atoms with Crippen LogP contribution in [0.15, 0.2) is 30.6 Å². The molecule has 0 saturated carbocycles. The van der Waals surface area contributed by atoms with E-state index in [-0.39, 0.29) is 30.2 Å². The highest BCUT2D eigenvalue weighted by atomic mass is 16.2. The molecule has 1 N–H and O–H groups in total. The maximum absolute atomic E-state index is 12.3. The molecular weight excluding hydrogens is 330 g/mol. The summed E-state index contributed by atoms with van der Waals surface area (Å²) in [5.41, 5.74) is 1.55. The van der Waals surface area contributed by atoms with Gasteiger partial charge in [-0.25, -0.2) is 4.98 Å². The van der Waals surface area contributed by atoms with Crippen molar-refractivity contribution in [1.82, 2.24) is 24.8 Å². The summed E-state index contributed by atoms with van der Waals surface area (Å²) in [6, 6.07) is 5.53. The SMILES string of the molecule is CC(C)C(=O)N1CCn2cc(CC(=O)NCc3ccccn3)nc2[C@H]1C. The molecule has 0 unspecified atom stereocenters. The number of carbonyl (C=O) groups is 2. The van der Waals surface area contributed by atoms with E-state index in [1.807, 2.05) is 50.1 Å². The van der Waals surface area contributed by atoms with E-state index in [4.69, 9.17) is 0 Å². The first kappa shape index (κ1) is 18.1. The van der Waals surface area contributed by atoms with E-state index in [1.54, 1.807) is 6.20 Å². The fourth-order valence-electron chi connectivity index (χ4n) is 3.18. The third-order valence-electron chi connectivity index (χ3n) is 4.59. The van der Waals surface area contributed by atoms with Crippen molar-refractivity contribution in [2.24, 2.45) is 5.92 Å². The summed E-state index contributed by atoms with van der Waals surface area (Å²) in [7, 11) is 0. The van der Waals surface area contributed by atoms with Crippen LogP contribution in [0.25, 0.3) is 0 Å². The van der Waals surface area contributed by atoms with Gasteiger partial charge in [-0.15, -0.1) is 0 Å². The number of nitrogens with zero attached hydrogens (tertiary/aromatic N) is 4. The standard InChI is InChI=1S/C19H25N5O2/c1-13(2)19(26)24-9-8-23-12-16(22-18(23)14(24)3)10-17(25)21-11-15-6-4-5-7-20-15/h4-7,12-14H,8-11H2,1-3H3,(H,21,25)/t14-/m1/s1. The maximum Gasteiger partial charge on any atom is 0.226 e. The molecule has 7 heteroatoms. The highest BCUT2D eigenvalue weighted by Crippen LogP contribution is 2.26. The lowest BCUT2D eigenvalue weighted by Crippen LogP contribution is -2.42. The molecule has 0 aliphatic carbocycles. The maximum atomic E-state index is 12.3. The Kier molecular flexibility index (Phi) is 5.35. The summed E-state index contributed by atoms with van der Waals surface area (Å²) in [6.45, 7) is 7.60. The van der Waals surface area contributed by atoms with Gasteiger partial charge >= 0.3 is 0 Å². The molecule has 0 aromatic carbocycles. The Bertz CT molecular complexity index is 784. The smallest absolute Gasteiger partial charge is 0.226 e. The van der Waals surface area contributed by atoms with Crippen LogP contribution in [0.3, 0.4) is 0 Å². The molecule has 2 amide bonds. The Morgan fingerprint density at radius 1 is 1.27 bits per heavy atom. The fraction of sp³-hybridized carbons (Fsp3) is 0.474. The molecule has 0 radical (unpaired) electrons. The Hall–Kier alpha value is -2.70. The molecule has 2 aromatic heterocycles. The number of hydrogen-bond acceptors (Lipinski definition) is 4. The monoisotopic (exact) mass is 355 g/mol. The van der Waals surface area contributed by atoms with Crippen LogP contribution in [0, 0.1) is 5.92 Å². The Morgan fingerprint density at radius 2 is 2.08 bits per heavy atom. The Balaban J connectivity index is 1.62. The van der Waals surface area contributed by atoms with Crippen LogP contribution in [0.2, 0.25) is 0 Å². The summed E-state index contributed by atoms with van der Waals surface area (Å²) in [5, 5.41) is 2.87. The van der Waals surface area contributed by atoms with Gasteiger partial charge in [0, 0.05) is 31.4 Å². The van der Waals surface area contributed by atoms with E-state index in [0.717, 1.165) is 17.2 Å². The van der Waals surface area contributed by atoms with Crippen LogP contribution in [0.5, 0.6) is 0 Å². The lowest BCUT2D eigenvalue weighted by atomic mass is 10.1. The van der Waals surface area contributed by atoms with Crippen LogP contribution >= 0.6 is 0 Å². The van der Waals surface area contributed by atoms with E-state index in [2.05, 4.69) is 19.9 Å². The molecule has 1 atom stereocenters. The third-order valence-corrected chi connectivity index (χ3v) is 4.59. The minimum Gasteiger partial charge on any atom is -0.350 e. The van der Waals surface area contributed by atoms with Crippen molar-refractivity contribution in [2.45, 2.75) is 46.3 Å². The van der Waals surface area contributed by atoms with Crippen LogP contribution in [-0.4, -0.2) is 37.8 Å². The number of aromatic nitrogens is 3. The number of pyridine rings is 1. The molecule has 0 fully saturated rings. The minimum atomic E-state index is -0.0890. The van der Waals surface area contributed by atoms with Gasteiger partial charge in [0.1, 0.15) is 5.82 Å². The van der Waals surface area contributed by atoms with Gasteiger partial charge in [-0.2, -0.15) is 0 Å². The summed E-state index contributed by atoms with van der Waals surface area (Å²) in [4.78, 5) is 35.2. The van der Waals surface area contributed by atoms with Gasteiger partial charge in [0.25, 0.3) is 0 Å². The first-order valence-corrected chi connectivity index (χ1v) is 8.98. The third kappa shape index (κ3) is 3.92. The summed E-state index contributed by atoms with van der Waals surface area (Å²) in [6.07, 6.45) is 3.84. The fourth-order valence-corrected chi connectivity index (χ4v) is 3.18. The van der Waals surface area contributed by atoms with E-state index in [0.29, 0.717) is 19.6 Å². The largest absolute Gasteiger partial charge is 0.350 e. The molecule has 0 spiro atoms. The van der Waals surface area contributed by atoms with Gasteiger partial charge < -0.3 is 14.8 Å². The summed E-state index contributed by atoms with van der Waals surface area (Å²) >= 11 is 0. The zero-order valence-electron chi connectivity index (χ0n) is 15.5. The lowest BCUT2D eigenvalue weighted by Gasteiger charge is -2.34. The second-order valence-corrected chi connectivity index (χ2v) is 6.92. The highest BCUT2D eigenvalue weighted by Gasteiger charge is 2.30. The molecule has 26 heavy (non-hydrogen) atoms. The first-order valence-electron chi connectivity index (χ1n) is 8.98. The molecular formula is C19H25N5O2. The second kappa shape index (κ2) is 7.68. The number of imidazole rings is 1. The average molecular weight is 355 g/mol. The number of rotatable bonds is 5. The zero-order chi connectivity index (χ0) is 18.7. The summed E-state index contributed by atoms with van der Waals surface area (Å²) in [5.74, 6) is 0.865. The zero-order valence-corrected chi connectivity index (χ0v) is 15.5. The van der Waals surface area contributed by atoms with Crippen molar-refractivity contribution in [1.29, 1.82) is 0 Å². The van der Waals surface area contributed by atoms with E-state index in [9.17, 15) is 9.59 Å². The summed E-state index contributed by atoms with van der Waals surface area (Å²) < 4.78 is 2.05. The van der Waals surface area contributed by atoms with E-state index >= 15 is 0 Å². The van der Waals surface area contributed by atoms with Gasteiger partial charge in [-0.3, -0.25) is 14.6 Å². The number of carbonyl (C=O) groups excluding carboxylic acids is 2. The van der Waals surface area contributed by atoms with Gasteiger partial charge in [0.05, 0.1) is 30.4 Å².